The number of nitrogens with zero attached hydrogens (tertiary/aromatic N) is 1. The van der Waals surface area contributed by atoms with Gasteiger partial charge in [0.1, 0.15) is 5.84 Å². The summed E-state index contributed by atoms with van der Waals surface area (Å²) in [5, 5.41) is 4.77. The summed E-state index contributed by atoms with van der Waals surface area (Å²) in [6.07, 6.45) is 2.92. The summed E-state index contributed by atoms with van der Waals surface area (Å²) >= 11 is 0. The number of amidine groups is 1. The van der Waals surface area contributed by atoms with Crippen LogP contribution in [-0.2, 0) is 11.8 Å². The van der Waals surface area contributed by atoms with Crippen LogP contribution >= 0.6 is 0 Å². The number of nitrogens with two attached hydrogens (primary N) is 1. The first kappa shape index (κ1) is 37.9. The van der Waals surface area contributed by atoms with E-state index in [0.29, 0.717) is 12.3 Å². The summed E-state index contributed by atoms with van der Waals surface area (Å²) in [4.78, 5) is 5.26. The Kier molecular flexibility index (Phi) is 9.67. The molecule has 0 radical (unpaired) electrons. The summed E-state index contributed by atoms with van der Waals surface area (Å²) in [6.45, 7) is 0. The molecular weight excluding hydrogens is 761 g/mol. The summed E-state index contributed by atoms with van der Waals surface area (Å²) in [7, 11) is 0. The molecule has 0 atom stereocenters. The Labute approximate surface area is 369 Å². The highest BCUT2D eigenvalue weighted by Gasteiger charge is 2.48. The molecular formula is C61H44N2. The van der Waals surface area contributed by atoms with E-state index in [1.807, 2.05) is 30.3 Å². The Hall–Kier alpha value is -8.07. The molecule has 2 N–H and O–H groups in total. The smallest absolute Gasteiger partial charge is 0.131 e. The van der Waals surface area contributed by atoms with Crippen molar-refractivity contribution in [1.29, 1.82) is 0 Å². The van der Waals surface area contributed by atoms with Gasteiger partial charge in [0, 0.05) is 11.1 Å². The van der Waals surface area contributed by atoms with Gasteiger partial charge < -0.3 is 5.73 Å². The molecule has 0 heterocycles. The molecule has 2 heteroatoms. The number of rotatable bonds is 9. The lowest BCUT2D eigenvalue weighted by atomic mass is 9.65. The molecule has 2 nitrogen and oxygen atoms in total. The molecule has 0 unspecified atom stereocenters. The molecule has 0 saturated carbocycles. The monoisotopic (exact) mass is 804 g/mol. The SMILES string of the molecule is NC(=N/C(=C\Cc1ccccc1-c1ccccc1)c1ccc(-c2cccc3c2C(c2ccccc2)(c2ccccc2)c2c-3ccc3ccccc23)c2ccccc12)c1ccccc1. The summed E-state index contributed by atoms with van der Waals surface area (Å²) in [6, 6.07) is 85.3. The fourth-order valence-electron chi connectivity index (χ4n) is 10.1. The highest BCUT2D eigenvalue weighted by atomic mass is 14.9. The van der Waals surface area contributed by atoms with Crippen LogP contribution in [0.5, 0.6) is 0 Å². The van der Waals surface area contributed by atoms with Gasteiger partial charge in [-0.15, -0.1) is 0 Å². The van der Waals surface area contributed by atoms with E-state index in [-0.39, 0.29) is 0 Å². The van der Waals surface area contributed by atoms with Gasteiger partial charge in [-0.05, 0) is 89.2 Å². The van der Waals surface area contributed by atoms with Gasteiger partial charge in [0.25, 0.3) is 0 Å². The Bertz CT molecular complexity index is 3310. The number of allylic oxidation sites excluding steroid dienone is 1. The van der Waals surface area contributed by atoms with Crippen molar-refractivity contribution in [3.05, 3.63) is 282 Å². The van der Waals surface area contributed by atoms with Crippen molar-refractivity contribution < 1.29 is 0 Å². The fraction of sp³-hybridized carbons (Fsp3) is 0.0328. The second kappa shape index (κ2) is 16.1. The van der Waals surface area contributed by atoms with Gasteiger partial charge in [0.2, 0.25) is 0 Å². The van der Waals surface area contributed by atoms with Gasteiger partial charge in [0.05, 0.1) is 11.1 Å². The van der Waals surface area contributed by atoms with E-state index in [4.69, 9.17) is 10.7 Å². The molecule has 63 heavy (non-hydrogen) atoms. The van der Waals surface area contributed by atoms with Crippen LogP contribution in [-0.4, -0.2) is 5.84 Å². The third-order valence-corrected chi connectivity index (χ3v) is 12.9. The van der Waals surface area contributed by atoms with Gasteiger partial charge in [-0.25, -0.2) is 4.99 Å². The molecule has 0 amide bonds. The third-order valence-electron chi connectivity index (χ3n) is 12.9. The van der Waals surface area contributed by atoms with Crippen LogP contribution in [0.2, 0.25) is 0 Å². The van der Waals surface area contributed by atoms with Crippen LogP contribution in [0.4, 0.5) is 0 Å². The normalized spacial score (nSPS) is 13.2. The number of aliphatic imine (C=N–C) groups is 1. The molecule has 1 aliphatic rings. The maximum absolute atomic E-state index is 6.88. The third kappa shape index (κ3) is 6.47. The predicted octanol–water partition coefficient (Wildman–Crippen LogP) is 14.7. The molecule has 0 aromatic heterocycles. The van der Waals surface area contributed by atoms with E-state index >= 15 is 0 Å². The van der Waals surface area contributed by atoms with Crippen LogP contribution in [0.25, 0.3) is 60.6 Å². The zero-order chi connectivity index (χ0) is 42.2. The van der Waals surface area contributed by atoms with Crippen LogP contribution in [0.1, 0.15) is 38.9 Å². The van der Waals surface area contributed by atoms with E-state index < -0.39 is 5.41 Å². The first-order valence-corrected chi connectivity index (χ1v) is 21.7. The van der Waals surface area contributed by atoms with Crippen LogP contribution < -0.4 is 5.73 Å². The van der Waals surface area contributed by atoms with E-state index in [1.54, 1.807) is 0 Å². The molecule has 0 fully saturated rings. The van der Waals surface area contributed by atoms with E-state index in [0.717, 1.165) is 27.6 Å². The summed E-state index contributed by atoms with van der Waals surface area (Å²) in [5.74, 6) is 0.479. The number of hydrogen-bond donors (Lipinski definition) is 1. The minimum Gasteiger partial charge on any atom is -0.383 e. The van der Waals surface area contributed by atoms with Crippen molar-refractivity contribution in [2.45, 2.75) is 11.8 Å². The average molecular weight is 805 g/mol. The maximum Gasteiger partial charge on any atom is 0.131 e. The van der Waals surface area contributed by atoms with E-state index in [2.05, 4.69) is 212 Å². The van der Waals surface area contributed by atoms with Crippen molar-refractivity contribution in [2.75, 3.05) is 0 Å². The van der Waals surface area contributed by atoms with Crippen LogP contribution in [0.15, 0.2) is 248 Å². The first-order valence-electron chi connectivity index (χ1n) is 21.7. The van der Waals surface area contributed by atoms with Gasteiger partial charge in [-0.2, -0.15) is 0 Å². The highest BCUT2D eigenvalue weighted by molar-refractivity contribution is 6.09. The molecule has 298 valence electrons. The lowest BCUT2D eigenvalue weighted by molar-refractivity contribution is 0.777. The maximum atomic E-state index is 6.88. The Balaban J connectivity index is 1.15. The van der Waals surface area contributed by atoms with Crippen molar-refractivity contribution in [1.82, 2.24) is 0 Å². The lowest BCUT2D eigenvalue weighted by Crippen LogP contribution is -2.29. The second-order valence-electron chi connectivity index (χ2n) is 16.3. The van der Waals surface area contributed by atoms with Gasteiger partial charge in [0.15, 0.2) is 0 Å². The second-order valence-corrected chi connectivity index (χ2v) is 16.3. The van der Waals surface area contributed by atoms with Gasteiger partial charge >= 0.3 is 0 Å². The van der Waals surface area contributed by atoms with Crippen LogP contribution in [0, 0.1) is 0 Å². The number of fused-ring (bicyclic) bond motifs is 6. The Morgan fingerprint density at radius 1 is 0.413 bits per heavy atom. The van der Waals surface area contributed by atoms with E-state index in [9.17, 15) is 0 Å². The first-order chi connectivity index (χ1) is 31.2. The van der Waals surface area contributed by atoms with E-state index in [1.165, 1.54) is 72.0 Å². The molecule has 10 aromatic rings. The minimum atomic E-state index is -0.601. The predicted molar refractivity (Wildman–Crippen MR) is 265 cm³/mol. The molecule has 1 aliphatic carbocycles. The van der Waals surface area contributed by atoms with Crippen molar-refractivity contribution >= 4 is 33.1 Å². The molecule has 10 aromatic carbocycles. The number of hydrogen-bond acceptors (Lipinski definition) is 1. The van der Waals surface area contributed by atoms with Crippen molar-refractivity contribution in [3.8, 4) is 33.4 Å². The van der Waals surface area contributed by atoms with Gasteiger partial charge in [-0.1, -0.05) is 243 Å². The lowest BCUT2D eigenvalue weighted by Gasteiger charge is -2.36. The van der Waals surface area contributed by atoms with Gasteiger partial charge in [-0.3, -0.25) is 0 Å². The topological polar surface area (TPSA) is 38.4 Å². The van der Waals surface area contributed by atoms with Crippen molar-refractivity contribution in [2.24, 2.45) is 10.7 Å². The fourth-order valence-corrected chi connectivity index (χ4v) is 10.1. The largest absolute Gasteiger partial charge is 0.383 e. The Morgan fingerprint density at radius 3 is 1.65 bits per heavy atom. The minimum absolute atomic E-state index is 0.479. The number of benzene rings is 10. The molecule has 0 aliphatic heterocycles. The average Bonchev–Trinajstić information content (AvgIpc) is 3.68. The molecule has 0 saturated heterocycles. The molecule has 11 rings (SSSR count). The molecule has 0 bridgehead atoms. The molecule has 0 spiro atoms. The van der Waals surface area contributed by atoms with Crippen LogP contribution in [0.3, 0.4) is 0 Å². The Morgan fingerprint density at radius 2 is 0.937 bits per heavy atom. The summed E-state index contributed by atoms with van der Waals surface area (Å²) < 4.78 is 0. The summed E-state index contributed by atoms with van der Waals surface area (Å²) in [5.41, 5.74) is 22.7. The van der Waals surface area contributed by atoms with Crippen molar-refractivity contribution in [3.63, 3.8) is 0 Å². The zero-order valence-electron chi connectivity index (χ0n) is 34.8. The highest BCUT2D eigenvalue weighted by Crippen LogP contribution is 2.60. The standard InChI is InChI=1S/C61H44N2/c62-60(45-24-7-2-8-25-45)63-57(41-37-43-22-13-15-30-48(43)42-20-5-1-6-21-42)53-40-39-52(50-32-17-18-33-51(50)53)54-34-19-35-55-56-38-36-44-23-14-16-31-49(44)58(56)61(59(54)55,46-26-9-3-10-27-46)47-28-11-4-12-29-47/h1-36,38-41H,37H2,(H2,62,63)/b57-41-. The zero-order valence-corrected chi connectivity index (χ0v) is 34.8. The quantitative estimate of drug-likeness (QED) is 0.115.